The van der Waals surface area contributed by atoms with Gasteiger partial charge in [0.2, 0.25) is 0 Å². The average molecular weight is 344 g/mol. The summed E-state index contributed by atoms with van der Waals surface area (Å²) in [6.07, 6.45) is 0.885. The maximum atomic E-state index is 12.6. The van der Waals surface area contributed by atoms with E-state index in [9.17, 15) is 9.59 Å². The topological polar surface area (TPSA) is 61.8 Å². The van der Waals surface area contributed by atoms with Crippen LogP contribution in [0, 0.1) is 0 Å². The first-order chi connectivity index (χ1) is 11.5. The lowest BCUT2D eigenvalue weighted by Crippen LogP contribution is -2.37. The van der Waals surface area contributed by atoms with Crippen LogP contribution in [0.15, 0.2) is 45.1 Å². The zero-order chi connectivity index (χ0) is 17.3. The maximum Gasteiger partial charge on any atom is 0.332 e. The highest BCUT2D eigenvalue weighted by atomic mass is 32.2. The van der Waals surface area contributed by atoms with E-state index in [1.54, 1.807) is 18.8 Å². The minimum Gasteiger partial charge on any atom is -0.313 e. The second-order valence-corrected chi connectivity index (χ2v) is 6.64. The minimum absolute atomic E-state index is 0.291. The average Bonchev–Trinajstić information content (AvgIpc) is 2.96. The molecular weight excluding hydrogens is 324 g/mol. The van der Waals surface area contributed by atoms with Crippen LogP contribution in [0.3, 0.4) is 0 Å². The summed E-state index contributed by atoms with van der Waals surface area (Å²) in [6, 6.07) is 10.1. The first-order valence-corrected chi connectivity index (χ1v) is 8.86. The molecule has 7 heteroatoms. The molecule has 0 aliphatic heterocycles. The van der Waals surface area contributed by atoms with Gasteiger partial charge in [0.05, 0.1) is 0 Å². The van der Waals surface area contributed by atoms with Gasteiger partial charge in [0, 0.05) is 26.4 Å². The number of aromatic nitrogens is 4. The fraction of sp³-hybridized carbons (Fsp3) is 0.353. The summed E-state index contributed by atoms with van der Waals surface area (Å²) in [4.78, 5) is 29.3. The van der Waals surface area contributed by atoms with Gasteiger partial charge in [0.25, 0.3) is 5.56 Å². The number of benzene rings is 1. The fourth-order valence-corrected chi connectivity index (χ4v) is 3.67. The van der Waals surface area contributed by atoms with Gasteiger partial charge in [-0.05, 0) is 12.0 Å². The smallest absolute Gasteiger partial charge is 0.313 e. The van der Waals surface area contributed by atoms with Crippen molar-refractivity contribution in [3.63, 3.8) is 0 Å². The van der Waals surface area contributed by atoms with Crippen LogP contribution >= 0.6 is 11.8 Å². The number of hydrogen-bond donors (Lipinski definition) is 0. The van der Waals surface area contributed by atoms with Crippen LogP contribution in [0.1, 0.15) is 18.9 Å². The molecule has 0 fully saturated rings. The molecule has 6 nitrogen and oxygen atoms in total. The molecule has 0 amide bonds. The molecule has 0 atom stereocenters. The Kier molecular flexibility index (Phi) is 4.62. The van der Waals surface area contributed by atoms with Crippen molar-refractivity contribution >= 4 is 22.9 Å². The van der Waals surface area contributed by atoms with Crippen molar-refractivity contribution in [2.24, 2.45) is 14.1 Å². The molecular formula is C17H20N4O2S. The van der Waals surface area contributed by atoms with Crippen LogP contribution < -0.4 is 11.2 Å². The van der Waals surface area contributed by atoms with E-state index >= 15 is 0 Å². The van der Waals surface area contributed by atoms with Crippen molar-refractivity contribution in [2.45, 2.75) is 30.8 Å². The van der Waals surface area contributed by atoms with Gasteiger partial charge < -0.3 is 4.57 Å². The van der Waals surface area contributed by atoms with E-state index < -0.39 is 0 Å². The van der Waals surface area contributed by atoms with Gasteiger partial charge in [-0.1, -0.05) is 49.0 Å². The molecule has 1 aromatic carbocycles. The Hall–Kier alpha value is -2.28. The second-order valence-electron chi connectivity index (χ2n) is 5.70. The number of aryl methyl sites for hydroxylation is 2. The van der Waals surface area contributed by atoms with E-state index in [0.29, 0.717) is 17.7 Å². The predicted molar refractivity (Wildman–Crippen MR) is 96.5 cm³/mol. The fourth-order valence-electron chi connectivity index (χ4n) is 2.69. The van der Waals surface area contributed by atoms with E-state index in [2.05, 4.69) is 24.0 Å². The van der Waals surface area contributed by atoms with Gasteiger partial charge in [-0.25, -0.2) is 9.78 Å². The lowest BCUT2D eigenvalue weighted by atomic mass is 10.2. The molecule has 0 saturated heterocycles. The van der Waals surface area contributed by atoms with Crippen LogP contribution in [0.2, 0.25) is 0 Å². The summed E-state index contributed by atoms with van der Waals surface area (Å²) in [5.74, 6) is 0.766. The molecule has 24 heavy (non-hydrogen) atoms. The highest BCUT2D eigenvalue weighted by Gasteiger charge is 2.18. The third-order valence-corrected chi connectivity index (χ3v) is 5.02. The van der Waals surface area contributed by atoms with Crippen LogP contribution in [0.4, 0.5) is 0 Å². The Morgan fingerprint density at radius 3 is 2.46 bits per heavy atom. The highest BCUT2D eigenvalue weighted by molar-refractivity contribution is 7.98. The summed E-state index contributed by atoms with van der Waals surface area (Å²) in [6.45, 7) is 2.75. The van der Waals surface area contributed by atoms with Gasteiger partial charge in [0.1, 0.15) is 0 Å². The monoisotopic (exact) mass is 344 g/mol. The molecule has 0 spiro atoms. The Labute approximate surface area is 143 Å². The predicted octanol–water partition coefficient (Wildman–Crippen LogP) is 2.14. The van der Waals surface area contributed by atoms with Crippen LogP contribution in [-0.2, 0) is 26.4 Å². The van der Waals surface area contributed by atoms with E-state index in [-0.39, 0.29) is 11.2 Å². The Morgan fingerprint density at radius 2 is 1.79 bits per heavy atom. The van der Waals surface area contributed by atoms with Crippen molar-refractivity contribution in [3.8, 4) is 0 Å². The molecule has 0 aliphatic rings. The zero-order valence-electron chi connectivity index (χ0n) is 14.0. The van der Waals surface area contributed by atoms with Crippen molar-refractivity contribution < 1.29 is 0 Å². The number of rotatable bonds is 5. The van der Waals surface area contributed by atoms with Crippen molar-refractivity contribution in [3.05, 3.63) is 56.7 Å². The summed E-state index contributed by atoms with van der Waals surface area (Å²) in [5.41, 5.74) is 1.50. The number of thioether (sulfide) groups is 1. The SMILES string of the molecule is CCCn1c(SCc2ccccc2)nc2c1c(=O)n(C)c(=O)n2C. The summed E-state index contributed by atoms with van der Waals surface area (Å²) >= 11 is 1.58. The van der Waals surface area contributed by atoms with Gasteiger partial charge in [-0.2, -0.15) is 0 Å². The minimum atomic E-state index is -0.353. The molecule has 2 heterocycles. The zero-order valence-corrected chi connectivity index (χ0v) is 14.8. The van der Waals surface area contributed by atoms with Crippen LogP contribution in [0.25, 0.3) is 11.2 Å². The Bertz CT molecular complexity index is 986. The molecule has 0 N–H and O–H groups in total. The molecule has 0 bridgehead atoms. The third kappa shape index (κ3) is 2.80. The Morgan fingerprint density at radius 1 is 1.08 bits per heavy atom. The first kappa shape index (κ1) is 16.6. The molecule has 0 saturated carbocycles. The van der Waals surface area contributed by atoms with Gasteiger partial charge in [0.15, 0.2) is 16.3 Å². The van der Waals surface area contributed by atoms with E-state index in [0.717, 1.165) is 21.9 Å². The lowest BCUT2D eigenvalue weighted by molar-refractivity contribution is 0.632. The van der Waals surface area contributed by atoms with E-state index in [1.165, 1.54) is 17.2 Å². The van der Waals surface area contributed by atoms with Crippen LogP contribution in [0.5, 0.6) is 0 Å². The Balaban J connectivity index is 2.12. The molecule has 3 aromatic rings. The van der Waals surface area contributed by atoms with Crippen molar-refractivity contribution in [1.82, 2.24) is 18.7 Å². The van der Waals surface area contributed by atoms with Crippen molar-refractivity contribution in [1.29, 1.82) is 0 Å². The van der Waals surface area contributed by atoms with E-state index in [1.807, 2.05) is 22.8 Å². The number of fused-ring (bicyclic) bond motifs is 1. The number of hydrogen-bond acceptors (Lipinski definition) is 4. The molecule has 0 radical (unpaired) electrons. The number of nitrogens with zero attached hydrogens (tertiary/aromatic N) is 4. The molecule has 126 valence electrons. The highest BCUT2D eigenvalue weighted by Crippen LogP contribution is 2.25. The van der Waals surface area contributed by atoms with Gasteiger partial charge in [-0.3, -0.25) is 13.9 Å². The molecule has 3 rings (SSSR count). The van der Waals surface area contributed by atoms with Crippen LogP contribution in [-0.4, -0.2) is 18.7 Å². The van der Waals surface area contributed by atoms with Crippen molar-refractivity contribution in [2.75, 3.05) is 0 Å². The maximum absolute atomic E-state index is 12.6. The first-order valence-electron chi connectivity index (χ1n) is 7.87. The second kappa shape index (κ2) is 6.68. The quantitative estimate of drug-likeness (QED) is 0.665. The lowest BCUT2D eigenvalue weighted by Gasteiger charge is -2.08. The summed E-state index contributed by atoms with van der Waals surface area (Å²) < 4.78 is 4.52. The third-order valence-electron chi connectivity index (χ3n) is 3.97. The number of imidazole rings is 1. The largest absolute Gasteiger partial charge is 0.332 e. The normalized spacial score (nSPS) is 11.3. The summed E-state index contributed by atoms with van der Waals surface area (Å²) in [5, 5.41) is 0.772. The van der Waals surface area contributed by atoms with Gasteiger partial charge in [-0.15, -0.1) is 0 Å². The van der Waals surface area contributed by atoms with Gasteiger partial charge >= 0.3 is 5.69 Å². The molecule has 0 unspecified atom stereocenters. The van der Waals surface area contributed by atoms with E-state index in [4.69, 9.17) is 0 Å². The molecule has 2 aromatic heterocycles. The summed E-state index contributed by atoms with van der Waals surface area (Å²) in [7, 11) is 3.16. The molecule has 0 aliphatic carbocycles. The standard InChI is InChI=1S/C17H20N4O2S/c1-4-10-21-13-14(19(2)17(23)20(3)15(13)22)18-16(21)24-11-12-8-6-5-7-9-12/h5-9H,4,10-11H2,1-3H3.